The Bertz CT molecular complexity index is 742. The molecule has 6 heteroatoms. The van der Waals surface area contributed by atoms with Crippen LogP contribution in [0.25, 0.3) is 0 Å². The van der Waals surface area contributed by atoms with Crippen molar-refractivity contribution in [1.82, 2.24) is 4.98 Å². The van der Waals surface area contributed by atoms with Crippen LogP contribution in [0.4, 0.5) is 5.82 Å². The van der Waals surface area contributed by atoms with Gasteiger partial charge in [0, 0.05) is 6.20 Å². The number of anilines is 1. The smallest absolute Gasteiger partial charge is 0.266 e. The van der Waals surface area contributed by atoms with Crippen molar-refractivity contribution in [2.75, 3.05) is 11.3 Å². The van der Waals surface area contributed by atoms with E-state index >= 15 is 0 Å². The summed E-state index contributed by atoms with van der Waals surface area (Å²) in [5.74, 6) is 0.658. The van der Waals surface area contributed by atoms with Crippen LogP contribution >= 0.6 is 0 Å². The lowest BCUT2D eigenvalue weighted by Crippen LogP contribution is -2.16. The molecule has 0 aliphatic rings. The van der Waals surface area contributed by atoms with Gasteiger partial charge in [0.15, 0.2) is 0 Å². The average Bonchev–Trinajstić information content (AvgIpc) is 2.43. The van der Waals surface area contributed by atoms with E-state index in [4.69, 9.17) is 4.74 Å². The molecule has 0 aliphatic heterocycles. The van der Waals surface area contributed by atoms with E-state index in [1.807, 2.05) is 19.9 Å². The van der Waals surface area contributed by atoms with E-state index in [2.05, 4.69) is 9.71 Å². The van der Waals surface area contributed by atoms with Crippen molar-refractivity contribution < 1.29 is 13.2 Å². The van der Waals surface area contributed by atoms with Gasteiger partial charge in [-0.3, -0.25) is 4.72 Å². The molecule has 2 rings (SSSR count). The first kappa shape index (κ1) is 15.3. The summed E-state index contributed by atoms with van der Waals surface area (Å²) in [6, 6.07) is 8.62. The fourth-order valence-electron chi connectivity index (χ4n) is 1.87. The summed E-state index contributed by atoms with van der Waals surface area (Å²) >= 11 is 0. The molecule has 0 saturated heterocycles. The standard InChI is InChI=1S/C15H18N2O3S/c1-4-20-13-8-7-11(2)10-14(13)21(18,19)17-15-12(3)6-5-9-16-15/h5-10H,4H2,1-3H3,(H,16,17). The van der Waals surface area contributed by atoms with E-state index in [-0.39, 0.29) is 4.90 Å². The van der Waals surface area contributed by atoms with Gasteiger partial charge in [0.05, 0.1) is 6.61 Å². The minimum Gasteiger partial charge on any atom is -0.492 e. The molecule has 0 bridgehead atoms. The molecule has 21 heavy (non-hydrogen) atoms. The first-order valence-corrected chi connectivity index (χ1v) is 8.10. The molecule has 2 aromatic rings. The van der Waals surface area contributed by atoms with Crippen LogP contribution in [0.1, 0.15) is 18.1 Å². The van der Waals surface area contributed by atoms with Crippen LogP contribution in [-0.2, 0) is 10.0 Å². The molecule has 0 aliphatic carbocycles. The fourth-order valence-corrected chi connectivity index (χ4v) is 3.19. The molecule has 1 aromatic heterocycles. The number of benzene rings is 1. The summed E-state index contributed by atoms with van der Waals surface area (Å²) in [4.78, 5) is 4.18. The van der Waals surface area contributed by atoms with Gasteiger partial charge in [-0.05, 0) is 50.1 Å². The van der Waals surface area contributed by atoms with Crippen molar-refractivity contribution >= 4 is 15.8 Å². The van der Waals surface area contributed by atoms with Gasteiger partial charge < -0.3 is 4.74 Å². The quantitative estimate of drug-likeness (QED) is 0.922. The number of ether oxygens (including phenoxy) is 1. The molecule has 1 aromatic carbocycles. The highest BCUT2D eigenvalue weighted by molar-refractivity contribution is 7.92. The zero-order chi connectivity index (χ0) is 15.5. The average molecular weight is 306 g/mol. The zero-order valence-corrected chi connectivity index (χ0v) is 13.1. The molecule has 0 spiro atoms. The Hall–Kier alpha value is -2.08. The maximum Gasteiger partial charge on any atom is 0.266 e. The summed E-state index contributed by atoms with van der Waals surface area (Å²) in [6.45, 7) is 5.84. The molecule has 1 heterocycles. The molecular formula is C15H18N2O3S. The van der Waals surface area contributed by atoms with E-state index in [0.29, 0.717) is 18.2 Å². The summed E-state index contributed by atoms with van der Waals surface area (Å²) in [6.07, 6.45) is 1.55. The SMILES string of the molecule is CCOc1ccc(C)cc1S(=O)(=O)Nc1ncccc1C. The second-order valence-corrected chi connectivity index (χ2v) is 6.31. The first-order valence-electron chi connectivity index (χ1n) is 6.62. The summed E-state index contributed by atoms with van der Waals surface area (Å²) in [5, 5.41) is 0. The van der Waals surface area contributed by atoms with Crippen molar-refractivity contribution in [2.45, 2.75) is 25.7 Å². The minimum atomic E-state index is -3.75. The van der Waals surface area contributed by atoms with Crippen LogP contribution in [0.2, 0.25) is 0 Å². The van der Waals surface area contributed by atoms with Crippen LogP contribution < -0.4 is 9.46 Å². The monoisotopic (exact) mass is 306 g/mol. The van der Waals surface area contributed by atoms with Gasteiger partial charge in [0.2, 0.25) is 0 Å². The molecule has 0 unspecified atom stereocenters. The van der Waals surface area contributed by atoms with Crippen LogP contribution in [0.5, 0.6) is 5.75 Å². The molecule has 1 N–H and O–H groups in total. The molecule has 5 nitrogen and oxygen atoms in total. The van der Waals surface area contributed by atoms with Gasteiger partial charge in [-0.15, -0.1) is 0 Å². The summed E-state index contributed by atoms with van der Waals surface area (Å²) in [7, 11) is -3.75. The van der Waals surface area contributed by atoms with E-state index < -0.39 is 10.0 Å². The minimum absolute atomic E-state index is 0.120. The Morgan fingerprint density at radius 2 is 2.00 bits per heavy atom. The fraction of sp³-hybridized carbons (Fsp3) is 0.267. The summed E-state index contributed by atoms with van der Waals surface area (Å²) < 4.78 is 33.1. The number of pyridine rings is 1. The van der Waals surface area contributed by atoms with E-state index in [0.717, 1.165) is 11.1 Å². The number of hydrogen-bond donors (Lipinski definition) is 1. The third-order valence-electron chi connectivity index (χ3n) is 2.93. The summed E-state index contributed by atoms with van der Waals surface area (Å²) in [5.41, 5.74) is 1.60. The number of hydrogen-bond acceptors (Lipinski definition) is 4. The lowest BCUT2D eigenvalue weighted by atomic mass is 10.2. The Labute approximate surface area is 125 Å². The van der Waals surface area contributed by atoms with E-state index in [1.54, 1.807) is 37.4 Å². The lowest BCUT2D eigenvalue weighted by Gasteiger charge is -2.13. The number of nitrogens with zero attached hydrogens (tertiary/aromatic N) is 1. The highest BCUT2D eigenvalue weighted by Gasteiger charge is 2.21. The Morgan fingerprint density at radius 1 is 1.24 bits per heavy atom. The normalized spacial score (nSPS) is 11.2. The highest BCUT2D eigenvalue weighted by atomic mass is 32.2. The molecule has 0 saturated carbocycles. The Morgan fingerprint density at radius 3 is 2.67 bits per heavy atom. The van der Waals surface area contributed by atoms with Gasteiger partial charge in [-0.1, -0.05) is 12.1 Å². The van der Waals surface area contributed by atoms with Crippen molar-refractivity contribution in [3.8, 4) is 5.75 Å². The third kappa shape index (κ3) is 3.52. The Kier molecular flexibility index (Phi) is 4.47. The van der Waals surface area contributed by atoms with Gasteiger partial charge in [0.1, 0.15) is 16.5 Å². The molecular weight excluding hydrogens is 288 g/mol. The topological polar surface area (TPSA) is 68.3 Å². The number of rotatable bonds is 5. The van der Waals surface area contributed by atoms with Crippen molar-refractivity contribution in [1.29, 1.82) is 0 Å². The molecule has 0 atom stereocenters. The van der Waals surface area contributed by atoms with Crippen LogP contribution in [0, 0.1) is 13.8 Å². The van der Waals surface area contributed by atoms with Gasteiger partial charge in [0.25, 0.3) is 10.0 Å². The van der Waals surface area contributed by atoms with Crippen LogP contribution in [0.15, 0.2) is 41.4 Å². The molecule has 0 amide bonds. The highest BCUT2D eigenvalue weighted by Crippen LogP contribution is 2.27. The van der Waals surface area contributed by atoms with E-state index in [9.17, 15) is 8.42 Å². The van der Waals surface area contributed by atoms with Crippen LogP contribution in [0.3, 0.4) is 0 Å². The van der Waals surface area contributed by atoms with Gasteiger partial charge in [-0.25, -0.2) is 13.4 Å². The largest absolute Gasteiger partial charge is 0.492 e. The van der Waals surface area contributed by atoms with Gasteiger partial charge in [-0.2, -0.15) is 0 Å². The molecule has 0 radical (unpaired) electrons. The van der Waals surface area contributed by atoms with E-state index in [1.165, 1.54) is 0 Å². The predicted molar refractivity (Wildman–Crippen MR) is 82.1 cm³/mol. The van der Waals surface area contributed by atoms with Crippen molar-refractivity contribution in [3.63, 3.8) is 0 Å². The van der Waals surface area contributed by atoms with Crippen molar-refractivity contribution in [3.05, 3.63) is 47.7 Å². The molecule has 0 fully saturated rings. The third-order valence-corrected chi connectivity index (χ3v) is 4.29. The lowest BCUT2D eigenvalue weighted by molar-refractivity contribution is 0.331. The maximum absolute atomic E-state index is 12.6. The second kappa shape index (κ2) is 6.13. The number of aromatic nitrogens is 1. The van der Waals surface area contributed by atoms with Crippen LogP contribution in [-0.4, -0.2) is 20.0 Å². The maximum atomic E-state index is 12.6. The predicted octanol–water partition coefficient (Wildman–Crippen LogP) is 2.90. The van der Waals surface area contributed by atoms with Crippen molar-refractivity contribution in [2.24, 2.45) is 0 Å². The number of aryl methyl sites for hydroxylation is 2. The van der Waals surface area contributed by atoms with Gasteiger partial charge >= 0.3 is 0 Å². The Balaban J connectivity index is 2.44. The second-order valence-electron chi connectivity index (χ2n) is 4.66. The zero-order valence-electron chi connectivity index (χ0n) is 12.3. The molecule has 112 valence electrons. The first-order chi connectivity index (χ1) is 9.94. The number of sulfonamides is 1. The number of nitrogens with one attached hydrogen (secondary N) is 1.